The minimum absolute atomic E-state index is 0.110. The zero-order valence-electron chi connectivity index (χ0n) is 17.8. The summed E-state index contributed by atoms with van der Waals surface area (Å²) in [6.45, 7) is 10.1. The Morgan fingerprint density at radius 2 is 1.64 bits per heavy atom. The lowest BCUT2D eigenvalue weighted by Gasteiger charge is -2.34. The SMILES string of the molecule is CCCCCCN1C(=O)C(c2ccc(C)cc2C)=C(N2CCN(C)CC2)C1=O. The molecule has 0 aliphatic carbocycles. The fraction of sp³-hybridized carbons (Fsp3) is 0.565. The molecule has 5 nitrogen and oxygen atoms in total. The second kappa shape index (κ2) is 8.91. The average Bonchev–Trinajstić information content (AvgIpc) is 2.90. The van der Waals surface area contributed by atoms with Gasteiger partial charge in [-0.25, -0.2) is 0 Å². The fourth-order valence-corrected chi connectivity index (χ4v) is 4.12. The summed E-state index contributed by atoms with van der Waals surface area (Å²) in [5, 5.41) is 0. The third-order valence-corrected chi connectivity index (χ3v) is 5.85. The number of carbonyl (C=O) groups excluding carboxylic acids is 2. The summed E-state index contributed by atoms with van der Waals surface area (Å²) in [4.78, 5) is 32.5. The van der Waals surface area contributed by atoms with E-state index >= 15 is 0 Å². The molecule has 152 valence electrons. The number of piperazine rings is 1. The Hall–Kier alpha value is -2.14. The highest BCUT2D eigenvalue weighted by Crippen LogP contribution is 2.34. The van der Waals surface area contributed by atoms with Gasteiger partial charge in [-0.15, -0.1) is 0 Å². The van der Waals surface area contributed by atoms with Crippen LogP contribution < -0.4 is 0 Å². The molecule has 1 aromatic carbocycles. The molecule has 1 aromatic rings. The number of amides is 2. The number of hydrogen-bond acceptors (Lipinski definition) is 4. The molecule has 5 heteroatoms. The van der Waals surface area contributed by atoms with Crippen LogP contribution in [0.1, 0.15) is 49.3 Å². The molecular formula is C23H33N3O2. The molecule has 0 N–H and O–H groups in total. The lowest BCUT2D eigenvalue weighted by Crippen LogP contribution is -2.46. The number of aryl methyl sites for hydroxylation is 2. The summed E-state index contributed by atoms with van der Waals surface area (Å²) in [5.74, 6) is -0.233. The molecule has 1 fully saturated rings. The third kappa shape index (κ3) is 4.14. The van der Waals surface area contributed by atoms with E-state index in [1.165, 1.54) is 4.90 Å². The van der Waals surface area contributed by atoms with Crippen LogP contribution in [0.3, 0.4) is 0 Å². The van der Waals surface area contributed by atoms with Crippen molar-refractivity contribution in [1.82, 2.24) is 14.7 Å². The Balaban J connectivity index is 1.95. The van der Waals surface area contributed by atoms with Gasteiger partial charge in [-0.1, -0.05) is 49.9 Å². The molecule has 2 aliphatic rings. The van der Waals surface area contributed by atoms with Gasteiger partial charge >= 0.3 is 0 Å². The Labute approximate surface area is 169 Å². The minimum Gasteiger partial charge on any atom is -0.364 e. The van der Waals surface area contributed by atoms with Crippen LogP contribution in [0, 0.1) is 13.8 Å². The Morgan fingerprint density at radius 3 is 2.29 bits per heavy atom. The quantitative estimate of drug-likeness (QED) is 0.536. The van der Waals surface area contributed by atoms with E-state index < -0.39 is 0 Å². The van der Waals surface area contributed by atoms with Crippen LogP contribution in [0.2, 0.25) is 0 Å². The number of imide groups is 1. The number of hydrogen-bond donors (Lipinski definition) is 0. The molecule has 1 saturated heterocycles. The number of rotatable bonds is 7. The van der Waals surface area contributed by atoms with E-state index in [2.05, 4.69) is 29.8 Å². The molecule has 3 rings (SSSR count). The van der Waals surface area contributed by atoms with Gasteiger partial charge in [0.1, 0.15) is 5.70 Å². The molecule has 0 unspecified atom stereocenters. The number of unbranched alkanes of at least 4 members (excludes halogenated alkanes) is 3. The van der Waals surface area contributed by atoms with Crippen molar-refractivity contribution in [3.63, 3.8) is 0 Å². The molecule has 2 aliphatic heterocycles. The monoisotopic (exact) mass is 383 g/mol. The molecule has 28 heavy (non-hydrogen) atoms. The van der Waals surface area contributed by atoms with Crippen molar-refractivity contribution >= 4 is 17.4 Å². The molecule has 2 heterocycles. The van der Waals surface area contributed by atoms with Gasteiger partial charge in [0.25, 0.3) is 11.8 Å². The molecule has 0 aromatic heterocycles. The minimum atomic E-state index is -0.123. The van der Waals surface area contributed by atoms with E-state index in [1.807, 2.05) is 26.0 Å². The predicted molar refractivity (Wildman–Crippen MR) is 113 cm³/mol. The maximum atomic E-state index is 13.3. The molecule has 0 saturated carbocycles. The van der Waals surface area contributed by atoms with Gasteiger partial charge in [0.2, 0.25) is 0 Å². The highest BCUT2D eigenvalue weighted by Gasteiger charge is 2.42. The largest absolute Gasteiger partial charge is 0.364 e. The Kier molecular flexibility index (Phi) is 6.55. The molecule has 0 bridgehead atoms. The van der Waals surface area contributed by atoms with Gasteiger partial charge in [-0.3, -0.25) is 14.5 Å². The van der Waals surface area contributed by atoms with E-state index in [4.69, 9.17) is 0 Å². The maximum absolute atomic E-state index is 13.3. The highest BCUT2D eigenvalue weighted by molar-refractivity contribution is 6.35. The molecule has 0 radical (unpaired) electrons. The first-order valence-corrected chi connectivity index (χ1v) is 10.6. The summed E-state index contributed by atoms with van der Waals surface area (Å²) in [7, 11) is 2.10. The average molecular weight is 384 g/mol. The van der Waals surface area contributed by atoms with E-state index in [1.54, 1.807) is 0 Å². The van der Waals surface area contributed by atoms with Gasteiger partial charge < -0.3 is 9.80 Å². The number of likely N-dealkylation sites (N-methyl/N-ethyl adjacent to an activating group) is 1. The van der Waals surface area contributed by atoms with Crippen LogP contribution in [0.15, 0.2) is 23.9 Å². The van der Waals surface area contributed by atoms with Crippen molar-refractivity contribution in [2.45, 2.75) is 46.5 Å². The molecule has 0 atom stereocenters. The first-order chi connectivity index (χ1) is 13.4. The van der Waals surface area contributed by atoms with Crippen molar-refractivity contribution in [3.05, 3.63) is 40.6 Å². The van der Waals surface area contributed by atoms with Crippen LogP contribution in [-0.4, -0.2) is 66.3 Å². The van der Waals surface area contributed by atoms with E-state index in [0.29, 0.717) is 17.8 Å². The van der Waals surface area contributed by atoms with Crippen LogP contribution >= 0.6 is 0 Å². The van der Waals surface area contributed by atoms with Crippen LogP contribution in [-0.2, 0) is 9.59 Å². The number of benzene rings is 1. The van der Waals surface area contributed by atoms with Crippen molar-refractivity contribution in [3.8, 4) is 0 Å². The lowest BCUT2D eigenvalue weighted by molar-refractivity contribution is -0.137. The highest BCUT2D eigenvalue weighted by atomic mass is 16.2. The Bertz CT molecular complexity index is 776. The van der Waals surface area contributed by atoms with E-state index in [0.717, 1.165) is 68.6 Å². The molecular weight excluding hydrogens is 350 g/mol. The normalized spacial score (nSPS) is 18.6. The summed E-state index contributed by atoms with van der Waals surface area (Å²) in [6.07, 6.45) is 4.21. The van der Waals surface area contributed by atoms with Crippen molar-refractivity contribution < 1.29 is 9.59 Å². The zero-order valence-corrected chi connectivity index (χ0v) is 17.8. The van der Waals surface area contributed by atoms with Gasteiger partial charge in [-0.2, -0.15) is 0 Å². The second-order valence-corrected chi connectivity index (χ2v) is 8.15. The van der Waals surface area contributed by atoms with E-state index in [-0.39, 0.29) is 11.8 Å². The molecule has 2 amide bonds. The first kappa shape index (κ1) is 20.6. The van der Waals surface area contributed by atoms with Crippen LogP contribution in [0.4, 0.5) is 0 Å². The molecule has 0 spiro atoms. The topological polar surface area (TPSA) is 43.9 Å². The van der Waals surface area contributed by atoms with Gasteiger partial charge in [0, 0.05) is 32.7 Å². The summed E-state index contributed by atoms with van der Waals surface area (Å²) in [5.41, 5.74) is 4.32. The van der Waals surface area contributed by atoms with Crippen LogP contribution in [0.25, 0.3) is 5.57 Å². The number of carbonyl (C=O) groups is 2. The second-order valence-electron chi connectivity index (χ2n) is 8.15. The fourth-order valence-electron chi connectivity index (χ4n) is 4.12. The van der Waals surface area contributed by atoms with Gasteiger partial charge in [0.05, 0.1) is 5.57 Å². The first-order valence-electron chi connectivity index (χ1n) is 10.6. The summed E-state index contributed by atoms with van der Waals surface area (Å²) >= 11 is 0. The van der Waals surface area contributed by atoms with Gasteiger partial charge in [-0.05, 0) is 38.4 Å². The third-order valence-electron chi connectivity index (χ3n) is 5.85. The van der Waals surface area contributed by atoms with E-state index in [9.17, 15) is 9.59 Å². The smallest absolute Gasteiger partial charge is 0.277 e. The van der Waals surface area contributed by atoms with Crippen LogP contribution in [0.5, 0.6) is 0 Å². The van der Waals surface area contributed by atoms with Crippen molar-refractivity contribution in [2.24, 2.45) is 0 Å². The number of nitrogens with zero attached hydrogens (tertiary/aromatic N) is 3. The van der Waals surface area contributed by atoms with Gasteiger partial charge in [0.15, 0.2) is 0 Å². The maximum Gasteiger partial charge on any atom is 0.277 e. The Morgan fingerprint density at radius 1 is 0.929 bits per heavy atom. The van der Waals surface area contributed by atoms with Crippen molar-refractivity contribution in [2.75, 3.05) is 39.8 Å². The zero-order chi connectivity index (χ0) is 20.3. The standard InChI is InChI=1S/C23H33N3O2/c1-5-6-7-8-11-26-22(27)20(19-10-9-17(2)16-18(19)3)21(23(26)28)25-14-12-24(4)13-15-25/h9-10,16H,5-8,11-15H2,1-4H3. The summed E-state index contributed by atoms with van der Waals surface area (Å²) in [6, 6.07) is 6.12. The van der Waals surface area contributed by atoms with Crippen molar-refractivity contribution in [1.29, 1.82) is 0 Å². The lowest BCUT2D eigenvalue weighted by atomic mass is 9.97. The summed E-state index contributed by atoms with van der Waals surface area (Å²) < 4.78 is 0. The predicted octanol–water partition coefficient (Wildman–Crippen LogP) is 3.21.